The molecule has 1 rings (SSSR count). The lowest BCUT2D eigenvalue weighted by atomic mass is 10.4. The Bertz CT molecular complexity index is 384. The zero-order valence-corrected chi connectivity index (χ0v) is 7.15. The van der Waals surface area contributed by atoms with E-state index < -0.39 is 27.8 Å². The molecule has 8 heteroatoms. The number of carbonyl (C=O) groups is 2. The average Bonchev–Trinajstić information content (AvgIpc) is 2.49. The molecule has 0 spiro atoms. The van der Waals surface area contributed by atoms with Gasteiger partial charge in [0.25, 0.3) is 5.78 Å². The Labute approximate surface area is 79.0 Å². The number of alkyl halides is 3. The SMILES string of the molecule is O=C(O)C(=O)c1cnc(C(F)(F)F)s1. The average molecular weight is 225 g/mol. The largest absolute Gasteiger partial charge is 0.475 e. The number of aromatic nitrogens is 1. The minimum absolute atomic E-state index is 0.00977. The number of hydrogen-bond acceptors (Lipinski definition) is 4. The summed E-state index contributed by atoms with van der Waals surface area (Å²) in [5, 5.41) is 6.96. The van der Waals surface area contributed by atoms with Crippen LogP contribution in [0.2, 0.25) is 0 Å². The summed E-state index contributed by atoms with van der Waals surface area (Å²) in [4.78, 5) is 23.2. The Hall–Kier alpha value is -1.44. The molecule has 1 aromatic heterocycles. The van der Waals surface area contributed by atoms with E-state index in [0.29, 0.717) is 6.20 Å². The van der Waals surface area contributed by atoms with Crippen molar-refractivity contribution in [2.45, 2.75) is 6.18 Å². The molecule has 14 heavy (non-hydrogen) atoms. The van der Waals surface area contributed by atoms with Gasteiger partial charge >= 0.3 is 12.1 Å². The molecule has 0 aliphatic carbocycles. The number of aliphatic carboxylic acids is 1. The van der Waals surface area contributed by atoms with Crippen molar-refractivity contribution in [1.82, 2.24) is 4.98 Å². The van der Waals surface area contributed by atoms with Gasteiger partial charge in [0.1, 0.15) is 4.88 Å². The van der Waals surface area contributed by atoms with Crippen LogP contribution < -0.4 is 0 Å². The third-order valence-corrected chi connectivity index (χ3v) is 2.21. The van der Waals surface area contributed by atoms with Crippen molar-refractivity contribution >= 4 is 23.1 Å². The lowest BCUT2D eigenvalue weighted by Crippen LogP contribution is -2.10. The van der Waals surface area contributed by atoms with Crippen LogP contribution in [0.1, 0.15) is 14.7 Å². The Kier molecular flexibility index (Phi) is 2.56. The van der Waals surface area contributed by atoms with E-state index in [4.69, 9.17) is 5.11 Å². The van der Waals surface area contributed by atoms with Crippen LogP contribution in [-0.2, 0) is 11.0 Å². The van der Waals surface area contributed by atoms with Crippen LogP contribution in [0.25, 0.3) is 0 Å². The summed E-state index contributed by atoms with van der Waals surface area (Å²) in [5.41, 5.74) is 0. The third kappa shape index (κ3) is 2.08. The van der Waals surface area contributed by atoms with Gasteiger partial charge in [-0.2, -0.15) is 13.2 Å². The highest BCUT2D eigenvalue weighted by Crippen LogP contribution is 2.32. The maximum atomic E-state index is 12.0. The van der Waals surface area contributed by atoms with Crippen LogP contribution >= 0.6 is 11.3 Å². The van der Waals surface area contributed by atoms with Crippen molar-refractivity contribution in [3.05, 3.63) is 16.1 Å². The number of rotatable bonds is 2. The molecule has 4 nitrogen and oxygen atoms in total. The van der Waals surface area contributed by atoms with Crippen LogP contribution in [0, 0.1) is 0 Å². The lowest BCUT2D eigenvalue weighted by molar-refractivity contribution is -0.137. The number of carboxylic acid groups (broad SMARTS) is 1. The fourth-order valence-electron chi connectivity index (χ4n) is 0.616. The fraction of sp³-hybridized carbons (Fsp3) is 0.167. The summed E-state index contributed by atoms with van der Waals surface area (Å²) in [7, 11) is 0. The molecular weight excluding hydrogens is 223 g/mol. The Balaban J connectivity index is 3.00. The molecule has 76 valence electrons. The monoisotopic (exact) mass is 225 g/mol. The van der Waals surface area contributed by atoms with Crippen LogP contribution in [0.4, 0.5) is 13.2 Å². The molecule has 0 aliphatic heterocycles. The van der Waals surface area contributed by atoms with Crippen molar-refractivity contribution in [3.63, 3.8) is 0 Å². The second-order valence-electron chi connectivity index (χ2n) is 2.16. The number of carbonyl (C=O) groups excluding carboxylic acids is 1. The van der Waals surface area contributed by atoms with Crippen molar-refractivity contribution in [3.8, 4) is 0 Å². The van der Waals surface area contributed by atoms with Crippen molar-refractivity contribution in [1.29, 1.82) is 0 Å². The van der Waals surface area contributed by atoms with Crippen molar-refractivity contribution in [2.75, 3.05) is 0 Å². The van der Waals surface area contributed by atoms with Gasteiger partial charge in [-0.25, -0.2) is 9.78 Å². The molecule has 1 N–H and O–H groups in total. The van der Waals surface area contributed by atoms with Crippen LogP contribution in [-0.4, -0.2) is 21.8 Å². The molecule has 0 atom stereocenters. The first-order valence-corrected chi connectivity index (χ1v) is 3.94. The molecule has 1 aromatic rings. The van der Waals surface area contributed by atoms with Gasteiger partial charge in [0.2, 0.25) is 0 Å². The van der Waals surface area contributed by atoms with E-state index >= 15 is 0 Å². The standard InChI is InChI=1S/C6H2F3NO3S/c7-6(8,9)5-10-1-2(14-5)3(11)4(12)13/h1H,(H,12,13). The summed E-state index contributed by atoms with van der Waals surface area (Å²) < 4.78 is 35.9. The number of Topliss-reactive ketones (excluding diaryl/α,β-unsaturated/α-hetero) is 1. The van der Waals surface area contributed by atoms with Crippen molar-refractivity contribution in [2.24, 2.45) is 0 Å². The Morgan fingerprint density at radius 3 is 2.36 bits per heavy atom. The van der Waals surface area contributed by atoms with Gasteiger partial charge in [0, 0.05) is 0 Å². The molecule has 0 saturated heterocycles. The summed E-state index contributed by atoms with van der Waals surface area (Å²) >= 11 is 0.00977. The van der Waals surface area contributed by atoms with E-state index in [1.54, 1.807) is 0 Å². The Morgan fingerprint density at radius 2 is 2.00 bits per heavy atom. The Morgan fingerprint density at radius 1 is 1.43 bits per heavy atom. The molecule has 1 heterocycles. The number of thiazole rings is 1. The normalized spacial score (nSPS) is 11.4. The molecule has 0 saturated carbocycles. The van der Waals surface area contributed by atoms with Gasteiger partial charge in [0.15, 0.2) is 5.01 Å². The van der Waals surface area contributed by atoms with Crippen LogP contribution in [0.15, 0.2) is 6.20 Å². The molecule has 0 radical (unpaired) electrons. The van der Waals surface area contributed by atoms with E-state index in [9.17, 15) is 22.8 Å². The summed E-state index contributed by atoms with van der Waals surface area (Å²) in [6.07, 6.45) is -4.05. The minimum Gasteiger partial charge on any atom is -0.475 e. The lowest BCUT2D eigenvalue weighted by Gasteiger charge is -1.98. The maximum absolute atomic E-state index is 12.0. The second kappa shape index (κ2) is 3.37. The predicted molar refractivity (Wildman–Crippen MR) is 39.1 cm³/mol. The summed E-state index contributed by atoms with van der Waals surface area (Å²) in [6.45, 7) is 0. The molecule has 0 amide bonds. The van der Waals surface area contributed by atoms with Gasteiger partial charge in [0.05, 0.1) is 6.20 Å². The van der Waals surface area contributed by atoms with Crippen molar-refractivity contribution < 1.29 is 27.9 Å². The zero-order chi connectivity index (χ0) is 10.9. The summed E-state index contributed by atoms with van der Waals surface area (Å²) in [5.74, 6) is -3.19. The van der Waals surface area contributed by atoms with E-state index in [2.05, 4.69) is 4.98 Å². The minimum atomic E-state index is -4.65. The number of hydrogen-bond donors (Lipinski definition) is 1. The summed E-state index contributed by atoms with van der Waals surface area (Å²) in [6, 6.07) is 0. The second-order valence-corrected chi connectivity index (χ2v) is 3.19. The van der Waals surface area contributed by atoms with E-state index in [1.807, 2.05) is 0 Å². The highest BCUT2D eigenvalue weighted by molar-refractivity contribution is 7.14. The van der Waals surface area contributed by atoms with Gasteiger partial charge in [-0.3, -0.25) is 4.79 Å². The molecule has 0 bridgehead atoms. The fourth-order valence-corrected chi connectivity index (χ4v) is 1.33. The predicted octanol–water partition coefficient (Wildman–Crippen LogP) is 1.43. The topological polar surface area (TPSA) is 67.3 Å². The highest BCUT2D eigenvalue weighted by atomic mass is 32.1. The number of carboxylic acids is 1. The maximum Gasteiger partial charge on any atom is 0.443 e. The molecule has 0 aliphatic rings. The number of halogens is 3. The highest BCUT2D eigenvalue weighted by Gasteiger charge is 2.35. The van der Waals surface area contributed by atoms with E-state index in [-0.39, 0.29) is 11.3 Å². The quantitative estimate of drug-likeness (QED) is 0.610. The van der Waals surface area contributed by atoms with Crippen LogP contribution in [0.3, 0.4) is 0 Å². The molecular formula is C6H2F3NO3S. The first kappa shape index (κ1) is 10.6. The molecule has 0 fully saturated rings. The smallest absolute Gasteiger partial charge is 0.443 e. The van der Waals surface area contributed by atoms with Gasteiger partial charge in [-0.05, 0) is 0 Å². The van der Waals surface area contributed by atoms with Gasteiger partial charge in [-0.15, -0.1) is 11.3 Å². The van der Waals surface area contributed by atoms with E-state index in [0.717, 1.165) is 0 Å². The van der Waals surface area contributed by atoms with E-state index in [1.165, 1.54) is 0 Å². The zero-order valence-electron chi connectivity index (χ0n) is 6.33. The van der Waals surface area contributed by atoms with Crippen LogP contribution in [0.5, 0.6) is 0 Å². The molecule has 0 aromatic carbocycles. The first-order chi connectivity index (χ1) is 6.32. The van der Waals surface area contributed by atoms with Gasteiger partial charge < -0.3 is 5.11 Å². The number of ketones is 1. The molecule has 0 unspecified atom stereocenters. The number of nitrogens with zero attached hydrogens (tertiary/aromatic N) is 1. The first-order valence-electron chi connectivity index (χ1n) is 3.13. The van der Waals surface area contributed by atoms with Gasteiger partial charge in [-0.1, -0.05) is 0 Å². The third-order valence-electron chi connectivity index (χ3n) is 1.17.